The van der Waals surface area contributed by atoms with Crippen molar-refractivity contribution in [3.8, 4) is 0 Å². The smallest absolute Gasteiger partial charge is 0.321 e. The summed E-state index contributed by atoms with van der Waals surface area (Å²) >= 11 is 12.1. The molecule has 4 rings (SSSR count). The van der Waals surface area contributed by atoms with Crippen LogP contribution in [0.15, 0.2) is 66.7 Å². The van der Waals surface area contributed by atoms with E-state index in [1.54, 1.807) is 0 Å². The Balaban J connectivity index is 1.93. The van der Waals surface area contributed by atoms with E-state index >= 15 is 8.78 Å². The lowest BCUT2D eigenvalue weighted by Gasteiger charge is -2.40. The fourth-order valence-corrected chi connectivity index (χ4v) is 5.64. The molecular formula is C27H26Cl2F2N2O2. The minimum atomic E-state index is -1.64. The minimum Gasteiger partial charge on any atom is -0.480 e. The molecule has 0 bridgehead atoms. The summed E-state index contributed by atoms with van der Waals surface area (Å²) in [5.41, 5.74) is 6.01. The van der Waals surface area contributed by atoms with Crippen molar-refractivity contribution in [3.63, 3.8) is 0 Å². The summed E-state index contributed by atoms with van der Waals surface area (Å²) < 4.78 is 30.7. The molecule has 35 heavy (non-hydrogen) atoms. The molecule has 184 valence electrons. The van der Waals surface area contributed by atoms with Crippen molar-refractivity contribution in [2.24, 2.45) is 5.73 Å². The van der Waals surface area contributed by atoms with Crippen molar-refractivity contribution in [2.45, 2.75) is 49.2 Å². The molecule has 4 N–H and O–H groups in total. The molecule has 1 saturated heterocycles. The lowest BCUT2D eigenvalue weighted by molar-refractivity contribution is -0.139. The van der Waals surface area contributed by atoms with E-state index in [1.807, 2.05) is 44.2 Å². The number of benzene rings is 3. The zero-order valence-electron chi connectivity index (χ0n) is 19.2. The van der Waals surface area contributed by atoms with E-state index in [0.717, 1.165) is 11.6 Å². The summed E-state index contributed by atoms with van der Waals surface area (Å²) in [6.45, 7) is 4.01. The van der Waals surface area contributed by atoms with E-state index in [4.69, 9.17) is 28.9 Å². The van der Waals surface area contributed by atoms with Crippen LogP contribution in [-0.4, -0.2) is 23.2 Å². The Morgan fingerprint density at radius 3 is 2.40 bits per heavy atom. The van der Waals surface area contributed by atoms with Crippen LogP contribution < -0.4 is 11.1 Å². The molecule has 0 radical (unpaired) electrons. The fourth-order valence-electron chi connectivity index (χ4n) is 5.30. The molecule has 4 unspecified atom stereocenters. The molecule has 8 heteroatoms. The molecule has 0 aromatic heterocycles. The SMILES string of the molecule is CC(C)(CC1NC(C(=O)O)C(c2cccc(Cl)c2F)C1(N)c1ccc(Cl)cc1F)c1ccccc1. The number of nitrogens with one attached hydrogen (secondary N) is 1. The molecule has 1 heterocycles. The van der Waals surface area contributed by atoms with Crippen molar-refractivity contribution in [1.82, 2.24) is 5.32 Å². The van der Waals surface area contributed by atoms with Crippen LogP contribution in [0.4, 0.5) is 8.78 Å². The van der Waals surface area contributed by atoms with Crippen LogP contribution in [0, 0.1) is 11.6 Å². The van der Waals surface area contributed by atoms with Gasteiger partial charge in [0.15, 0.2) is 0 Å². The lowest BCUT2D eigenvalue weighted by Crippen LogP contribution is -2.53. The van der Waals surface area contributed by atoms with Gasteiger partial charge in [-0.3, -0.25) is 10.1 Å². The molecule has 0 aliphatic carbocycles. The van der Waals surface area contributed by atoms with Crippen molar-refractivity contribution < 1.29 is 18.7 Å². The molecule has 4 atom stereocenters. The third-order valence-electron chi connectivity index (χ3n) is 7.06. The number of nitrogens with two attached hydrogens (primary N) is 1. The topological polar surface area (TPSA) is 75.3 Å². The van der Waals surface area contributed by atoms with Gasteiger partial charge in [-0.05, 0) is 41.2 Å². The first-order chi connectivity index (χ1) is 16.5. The Bertz CT molecular complexity index is 1260. The first-order valence-electron chi connectivity index (χ1n) is 11.2. The summed E-state index contributed by atoms with van der Waals surface area (Å²) in [5.74, 6) is -3.85. The van der Waals surface area contributed by atoms with Crippen LogP contribution in [0.5, 0.6) is 0 Å². The average Bonchev–Trinajstić information content (AvgIpc) is 3.08. The zero-order valence-corrected chi connectivity index (χ0v) is 20.7. The van der Waals surface area contributed by atoms with Crippen LogP contribution >= 0.6 is 23.2 Å². The van der Waals surface area contributed by atoms with Gasteiger partial charge in [-0.2, -0.15) is 0 Å². The molecule has 0 spiro atoms. The first kappa shape index (κ1) is 25.6. The summed E-state index contributed by atoms with van der Waals surface area (Å²) in [6.07, 6.45) is 0.345. The highest BCUT2D eigenvalue weighted by Crippen LogP contribution is 2.50. The largest absolute Gasteiger partial charge is 0.480 e. The highest BCUT2D eigenvalue weighted by atomic mass is 35.5. The lowest BCUT2D eigenvalue weighted by atomic mass is 9.67. The Morgan fingerprint density at radius 2 is 1.77 bits per heavy atom. The number of halogens is 4. The van der Waals surface area contributed by atoms with Gasteiger partial charge in [-0.25, -0.2) is 8.78 Å². The molecule has 0 amide bonds. The first-order valence-corrected chi connectivity index (χ1v) is 11.9. The molecule has 1 aliphatic heterocycles. The van der Waals surface area contributed by atoms with E-state index in [1.165, 1.54) is 30.3 Å². The maximum absolute atomic E-state index is 15.4. The monoisotopic (exact) mass is 518 g/mol. The molecule has 1 aliphatic rings. The highest BCUT2D eigenvalue weighted by molar-refractivity contribution is 6.31. The molecular weight excluding hydrogens is 493 g/mol. The summed E-state index contributed by atoms with van der Waals surface area (Å²) in [7, 11) is 0. The van der Waals surface area contributed by atoms with Gasteiger partial charge in [-0.1, -0.05) is 85.6 Å². The van der Waals surface area contributed by atoms with Crippen LogP contribution in [0.1, 0.15) is 42.9 Å². The van der Waals surface area contributed by atoms with E-state index < -0.39 is 46.6 Å². The maximum Gasteiger partial charge on any atom is 0.321 e. The van der Waals surface area contributed by atoms with Gasteiger partial charge < -0.3 is 10.8 Å². The standard InChI is InChI=1S/C27H26Cl2F2N2O2/c1-26(2,15-7-4-3-5-8-15)14-21-27(32,18-12-11-16(28)13-20(18)30)22(24(33-21)25(34)35)17-9-6-10-19(29)23(17)31/h3-13,21-22,24,33H,14,32H2,1-2H3,(H,34,35). The van der Waals surface area contributed by atoms with Crippen molar-refractivity contribution in [3.05, 3.63) is 105 Å². The quantitative estimate of drug-likeness (QED) is 0.373. The normalized spacial score (nSPS) is 24.5. The predicted octanol–water partition coefficient (Wildman–Crippen LogP) is 6.00. The Kier molecular flexibility index (Phi) is 6.95. The van der Waals surface area contributed by atoms with Gasteiger partial charge >= 0.3 is 5.97 Å². The second-order valence-corrected chi connectivity index (χ2v) is 10.5. The summed E-state index contributed by atoms with van der Waals surface area (Å²) in [5, 5.41) is 13.3. The van der Waals surface area contributed by atoms with Crippen LogP contribution in [-0.2, 0) is 15.7 Å². The molecule has 3 aromatic carbocycles. The molecule has 0 saturated carbocycles. The van der Waals surface area contributed by atoms with Gasteiger partial charge in [0.1, 0.15) is 17.7 Å². The number of carbonyl (C=O) groups is 1. The van der Waals surface area contributed by atoms with Crippen molar-refractivity contribution >= 4 is 29.2 Å². The van der Waals surface area contributed by atoms with Crippen molar-refractivity contribution in [1.29, 1.82) is 0 Å². The number of aliphatic carboxylic acids is 1. The number of carboxylic acids is 1. The molecule has 3 aromatic rings. The average molecular weight is 519 g/mol. The minimum absolute atomic E-state index is 0.00858. The predicted molar refractivity (Wildman–Crippen MR) is 134 cm³/mol. The van der Waals surface area contributed by atoms with E-state index in [0.29, 0.717) is 6.42 Å². The molecule has 1 fully saturated rings. The van der Waals surface area contributed by atoms with Crippen LogP contribution in [0.25, 0.3) is 0 Å². The maximum atomic E-state index is 15.4. The second kappa shape index (κ2) is 9.51. The van der Waals surface area contributed by atoms with Gasteiger partial charge in [-0.15, -0.1) is 0 Å². The number of hydrogen-bond acceptors (Lipinski definition) is 3. The zero-order chi connectivity index (χ0) is 25.5. The van der Waals surface area contributed by atoms with E-state index in [-0.39, 0.29) is 21.2 Å². The van der Waals surface area contributed by atoms with Crippen LogP contribution in [0.3, 0.4) is 0 Å². The van der Waals surface area contributed by atoms with E-state index in [9.17, 15) is 9.90 Å². The second-order valence-electron chi connectivity index (χ2n) is 9.67. The third kappa shape index (κ3) is 4.56. The number of carboxylic acid groups (broad SMARTS) is 1. The van der Waals surface area contributed by atoms with Crippen molar-refractivity contribution in [2.75, 3.05) is 0 Å². The molecule has 4 nitrogen and oxygen atoms in total. The summed E-state index contributed by atoms with van der Waals surface area (Å²) in [4.78, 5) is 12.4. The summed E-state index contributed by atoms with van der Waals surface area (Å²) in [6, 6.07) is 16.1. The van der Waals surface area contributed by atoms with E-state index in [2.05, 4.69) is 5.32 Å². The number of rotatable bonds is 6. The van der Waals surface area contributed by atoms with Gasteiger partial charge in [0.05, 0.1) is 10.6 Å². The van der Waals surface area contributed by atoms with Crippen LogP contribution in [0.2, 0.25) is 10.0 Å². The Labute approximate surface area is 213 Å². The number of hydrogen-bond donors (Lipinski definition) is 3. The van der Waals surface area contributed by atoms with Gasteiger partial charge in [0.2, 0.25) is 0 Å². The Hall–Kier alpha value is -2.51. The van der Waals surface area contributed by atoms with Gasteiger partial charge in [0.25, 0.3) is 0 Å². The fraction of sp³-hybridized carbons (Fsp3) is 0.296. The van der Waals surface area contributed by atoms with Gasteiger partial charge in [0, 0.05) is 22.5 Å². The Morgan fingerprint density at radius 1 is 1.09 bits per heavy atom. The third-order valence-corrected chi connectivity index (χ3v) is 7.58. The highest BCUT2D eigenvalue weighted by Gasteiger charge is 2.59.